The number of hydrogen-bond acceptors (Lipinski definition) is 3. The Labute approximate surface area is 105 Å². The molecule has 1 saturated heterocycles. The summed E-state index contributed by atoms with van der Waals surface area (Å²) in [6, 6.07) is 0.517. The molecule has 0 aliphatic carbocycles. The van der Waals surface area contributed by atoms with Crippen LogP contribution in [0.2, 0.25) is 0 Å². The first-order chi connectivity index (χ1) is 7.94. The smallest absolute Gasteiger partial charge is 0.229 e. The molecule has 2 N–H and O–H groups in total. The molecule has 100 valence electrons. The van der Waals surface area contributed by atoms with Crippen molar-refractivity contribution in [2.45, 2.75) is 39.2 Å². The molecule has 1 heterocycles. The van der Waals surface area contributed by atoms with E-state index in [0.29, 0.717) is 12.6 Å². The Kier molecular flexibility index (Phi) is 4.95. The van der Waals surface area contributed by atoms with Gasteiger partial charge in [-0.2, -0.15) is 0 Å². The third-order valence-corrected chi connectivity index (χ3v) is 4.25. The Morgan fingerprint density at radius 1 is 1.59 bits per heavy atom. The van der Waals surface area contributed by atoms with Gasteiger partial charge in [0.1, 0.15) is 0 Å². The SMILES string of the molecule is CCC(C)(CN)C(=O)N(C)CC1CCCN1C. The summed E-state index contributed by atoms with van der Waals surface area (Å²) in [6.07, 6.45) is 3.23. The Hall–Kier alpha value is -0.610. The Morgan fingerprint density at radius 3 is 2.65 bits per heavy atom. The first-order valence-electron chi connectivity index (χ1n) is 6.60. The highest BCUT2D eigenvalue weighted by atomic mass is 16.2. The molecule has 2 atom stereocenters. The Morgan fingerprint density at radius 2 is 2.24 bits per heavy atom. The fourth-order valence-electron chi connectivity index (χ4n) is 2.45. The van der Waals surface area contributed by atoms with Crippen LogP contribution < -0.4 is 5.73 Å². The molecule has 0 aromatic heterocycles. The molecule has 17 heavy (non-hydrogen) atoms. The lowest BCUT2D eigenvalue weighted by atomic mass is 9.86. The van der Waals surface area contributed by atoms with Crippen LogP contribution in [0.15, 0.2) is 0 Å². The van der Waals surface area contributed by atoms with E-state index in [4.69, 9.17) is 5.73 Å². The second kappa shape index (κ2) is 5.83. The molecule has 1 aliphatic heterocycles. The fraction of sp³-hybridized carbons (Fsp3) is 0.923. The van der Waals surface area contributed by atoms with E-state index in [0.717, 1.165) is 19.5 Å². The van der Waals surface area contributed by atoms with Crippen LogP contribution in [0.4, 0.5) is 0 Å². The largest absolute Gasteiger partial charge is 0.344 e. The molecular formula is C13H27N3O. The van der Waals surface area contributed by atoms with Crippen molar-refractivity contribution in [1.29, 1.82) is 0 Å². The summed E-state index contributed by atoms with van der Waals surface area (Å²) < 4.78 is 0. The van der Waals surface area contributed by atoms with E-state index in [2.05, 4.69) is 11.9 Å². The van der Waals surface area contributed by atoms with Gasteiger partial charge in [-0.15, -0.1) is 0 Å². The Balaban J connectivity index is 2.57. The number of likely N-dealkylation sites (tertiary alicyclic amines) is 1. The van der Waals surface area contributed by atoms with Gasteiger partial charge in [-0.1, -0.05) is 6.92 Å². The van der Waals surface area contributed by atoms with Gasteiger partial charge >= 0.3 is 0 Å². The lowest BCUT2D eigenvalue weighted by Gasteiger charge is -2.33. The average Bonchev–Trinajstić information content (AvgIpc) is 2.73. The summed E-state index contributed by atoms with van der Waals surface area (Å²) in [5, 5.41) is 0. The van der Waals surface area contributed by atoms with E-state index in [-0.39, 0.29) is 5.91 Å². The molecule has 4 nitrogen and oxygen atoms in total. The quantitative estimate of drug-likeness (QED) is 0.778. The molecule has 4 heteroatoms. The van der Waals surface area contributed by atoms with Gasteiger partial charge < -0.3 is 15.5 Å². The van der Waals surface area contributed by atoms with Crippen molar-refractivity contribution in [2.75, 3.05) is 33.7 Å². The second-order valence-corrected chi connectivity index (χ2v) is 5.58. The second-order valence-electron chi connectivity index (χ2n) is 5.58. The molecule has 0 bridgehead atoms. The number of carbonyl (C=O) groups is 1. The van der Waals surface area contributed by atoms with Crippen molar-refractivity contribution in [2.24, 2.45) is 11.1 Å². The number of rotatable bonds is 5. The molecule has 0 aromatic carbocycles. The summed E-state index contributed by atoms with van der Waals surface area (Å²) in [6.45, 7) is 6.39. The minimum absolute atomic E-state index is 0.183. The fourth-order valence-corrected chi connectivity index (χ4v) is 2.45. The summed E-state index contributed by atoms with van der Waals surface area (Å²) in [5.74, 6) is 0.183. The van der Waals surface area contributed by atoms with Gasteiger partial charge in [-0.05, 0) is 39.8 Å². The highest BCUT2D eigenvalue weighted by Crippen LogP contribution is 2.23. The Bertz CT molecular complexity index is 263. The van der Waals surface area contributed by atoms with E-state index < -0.39 is 5.41 Å². The normalized spacial score (nSPS) is 24.6. The number of hydrogen-bond donors (Lipinski definition) is 1. The van der Waals surface area contributed by atoms with Crippen molar-refractivity contribution in [3.05, 3.63) is 0 Å². The monoisotopic (exact) mass is 241 g/mol. The summed E-state index contributed by atoms with van der Waals surface area (Å²) >= 11 is 0. The van der Waals surface area contributed by atoms with Crippen LogP contribution in [-0.2, 0) is 4.79 Å². The minimum Gasteiger partial charge on any atom is -0.344 e. The highest BCUT2D eigenvalue weighted by Gasteiger charge is 2.34. The maximum absolute atomic E-state index is 12.3. The number of amides is 1. The summed E-state index contributed by atoms with van der Waals surface area (Å²) in [5.41, 5.74) is 5.34. The van der Waals surface area contributed by atoms with Crippen LogP contribution in [0.1, 0.15) is 33.1 Å². The van der Waals surface area contributed by atoms with E-state index >= 15 is 0 Å². The maximum Gasteiger partial charge on any atom is 0.229 e. The predicted octanol–water partition coefficient (Wildman–Crippen LogP) is 0.914. The number of likely N-dealkylation sites (N-methyl/N-ethyl adjacent to an activating group) is 2. The standard InChI is InChI=1S/C13H27N3O/c1-5-13(2,10-14)12(17)16(4)9-11-7-6-8-15(11)3/h11H,5-10,14H2,1-4H3. The number of nitrogens with zero attached hydrogens (tertiary/aromatic N) is 2. The third-order valence-electron chi connectivity index (χ3n) is 4.25. The van der Waals surface area contributed by atoms with E-state index in [1.54, 1.807) is 0 Å². The van der Waals surface area contributed by atoms with Gasteiger partial charge in [0.25, 0.3) is 0 Å². The highest BCUT2D eigenvalue weighted by molar-refractivity contribution is 5.82. The summed E-state index contributed by atoms with van der Waals surface area (Å²) in [7, 11) is 4.04. The van der Waals surface area contributed by atoms with Crippen LogP contribution in [-0.4, -0.2) is 55.5 Å². The lowest BCUT2D eigenvalue weighted by molar-refractivity contribution is -0.140. The zero-order valence-electron chi connectivity index (χ0n) is 11.7. The number of nitrogens with two attached hydrogens (primary N) is 1. The van der Waals surface area contributed by atoms with Crippen LogP contribution >= 0.6 is 0 Å². The summed E-state index contributed by atoms with van der Waals surface area (Å²) in [4.78, 5) is 16.6. The molecule has 1 amide bonds. The first kappa shape index (κ1) is 14.5. The molecule has 1 aliphatic rings. The molecule has 0 saturated carbocycles. The van der Waals surface area contributed by atoms with Crippen molar-refractivity contribution < 1.29 is 4.79 Å². The first-order valence-corrected chi connectivity index (χ1v) is 6.60. The molecule has 0 aromatic rings. The van der Waals surface area contributed by atoms with Gasteiger partial charge in [-0.25, -0.2) is 0 Å². The van der Waals surface area contributed by atoms with E-state index in [1.807, 2.05) is 25.8 Å². The van der Waals surface area contributed by atoms with Crippen LogP contribution in [0.5, 0.6) is 0 Å². The number of carbonyl (C=O) groups excluding carboxylic acids is 1. The zero-order valence-corrected chi connectivity index (χ0v) is 11.7. The topological polar surface area (TPSA) is 49.6 Å². The molecule has 0 spiro atoms. The minimum atomic E-state index is -0.397. The molecule has 2 unspecified atom stereocenters. The van der Waals surface area contributed by atoms with Crippen LogP contribution in [0, 0.1) is 5.41 Å². The maximum atomic E-state index is 12.3. The van der Waals surface area contributed by atoms with Crippen molar-refractivity contribution in [1.82, 2.24) is 9.80 Å². The zero-order chi connectivity index (χ0) is 13.1. The van der Waals surface area contributed by atoms with Crippen LogP contribution in [0.3, 0.4) is 0 Å². The molecule has 1 fully saturated rings. The molecule has 0 radical (unpaired) electrons. The van der Waals surface area contributed by atoms with Gasteiger partial charge in [0.2, 0.25) is 5.91 Å². The van der Waals surface area contributed by atoms with Crippen molar-refractivity contribution in [3.63, 3.8) is 0 Å². The van der Waals surface area contributed by atoms with Crippen molar-refractivity contribution >= 4 is 5.91 Å². The lowest BCUT2D eigenvalue weighted by Crippen LogP contribution is -2.48. The predicted molar refractivity (Wildman–Crippen MR) is 70.7 cm³/mol. The van der Waals surface area contributed by atoms with E-state index in [1.165, 1.54) is 12.8 Å². The average molecular weight is 241 g/mol. The molecule has 1 rings (SSSR count). The molecular weight excluding hydrogens is 214 g/mol. The van der Waals surface area contributed by atoms with Gasteiger partial charge in [0.15, 0.2) is 0 Å². The van der Waals surface area contributed by atoms with Gasteiger partial charge in [0.05, 0.1) is 5.41 Å². The van der Waals surface area contributed by atoms with E-state index in [9.17, 15) is 4.79 Å². The van der Waals surface area contributed by atoms with Gasteiger partial charge in [-0.3, -0.25) is 4.79 Å². The third kappa shape index (κ3) is 3.19. The van der Waals surface area contributed by atoms with Gasteiger partial charge in [0, 0.05) is 26.2 Å². The van der Waals surface area contributed by atoms with Crippen molar-refractivity contribution in [3.8, 4) is 0 Å². The van der Waals surface area contributed by atoms with Crippen LogP contribution in [0.25, 0.3) is 0 Å².